The van der Waals surface area contributed by atoms with Crippen LogP contribution in [0.15, 0.2) is 18.3 Å². The number of amides is 2. The molecule has 6 nitrogen and oxygen atoms in total. The fourth-order valence-electron chi connectivity index (χ4n) is 4.39. The SMILES string of the molecule is Cc1ccc(C(=O)N2CCC3(CCCN(C)C3C(N)=O)CC2)cn1. The number of carbonyl (C=O) groups is 2. The zero-order valence-corrected chi connectivity index (χ0v) is 14.5. The van der Waals surface area contributed by atoms with E-state index in [0.29, 0.717) is 18.7 Å². The first-order valence-electron chi connectivity index (χ1n) is 8.64. The van der Waals surface area contributed by atoms with Crippen LogP contribution in [-0.2, 0) is 4.79 Å². The molecule has 3 heterocycles. The number of aromatic nitrogens is 1. The van der Waals surface area contributed by atoms with E-state index in [1.807, 2.05) is 31.0 Å². The number of carbonyl (C=O) groups excluding carboxylic acids is 2. The summed E-state index contributed by atoms with van der Waals surface area (Å²) in [7, 11) is 1.98. The smallest absolute Gasteiger partial charge is 0.255 e. The number of hydrogen-bond donors (Lipinski definition) is 1. The number of nitrogens with zero attached hydrogens (tertiary/aromatic N) is 3. The second-order valence-corrected chi connectivity index (χ2v) is 7.23. The van der Waals surface area contributed by atoms with Crippen molar-refractivity contribution < 1.29 is 9.59 Å². The highest BCUT2D eigenvalue weighted by Crippen LogP contribution is 2.44. The van der Waals surface area contributed by atoms with Gasteiger partial charge in [0.1, 0.15) is 0 Å². The van der Waals surface area contributed by atoms with Crippen molar-refractivity contribution in [3.05, 3.63) is 29.6 Å². The maximum absolute atomic E-state index is 12.6. The van der Waals surface area contributed by atoms with Gasteiger partial charge in [-0.2, -0.15) is 0 Å². The Balaban J connectivity index is 1.71. The van der Waals surface area contributed by atoms with Gasteiger partial charge in [-0.05, 0) is 63.7 Å². The Morgan fingerprint density at radius 2 is 1.92 bits per heavy atom. The molecular weight excluding hydrogens is 304 g/mol. The number of pyridine rings is 1. The minimum Gasteiger partial charge on any atom is -0.368 e. The first-order chi connectivity index (χ1) is 11.4. The van der Waals surface area contributed by atoms with Crippen LogP contribution < -0.4 is 5.73 Å². The average molecular weight is 330 g/mol. The Morgan fingerprint density at radius 3 is 2.50 bits per heavy atom. The van der Waals surface area contributed by atoms with Gasteiger partial charge >= 0.3 is 0 Å². The van der Waals surface area contributed by atoms with Crippen LogP contribution in [0.4, 0.5) is 0 Å². The van der Waals surface area contributed by atoms with Crippen molar-refractivity contribution in [3.8, 4) is 0 Å². The largest absolute Gasteiger partial charge is 0.368 e. The van der Waals surface area contributed by atoms with Crippen molar-refractivity contribution in [1.82, 2.24) is 14.8 Å². The molecule has 1 aromatic rings. The van der Waals surface area contributed by atoms with Crippen LogP contribution in [-0.4, -0.2) is 59.3 Å². The minimum absolute atomic E-state index is 0.0251. The van der Waals surface area contributed by atoms with E-state index in [9.17, 15) is 9.59 Å². The topological polar surface area (TPSA) is 79.5 Å². The molecule has 2 fully saturated rings. The number of nitrogens with two attached hydrogens (primary N) is 1. The Bertz CT molecular complexity index is 620. The maximum Gasteiger partial charge on any atom is 0.255 e. The first kappa shape index (κ1) is 16.9. The summed E-state index contributed by atoms with van der Waals surface area (Å²) in [5.41, 5.74) is 7.14. The fourth-order valence-corrected chi connectivity index (χ4v) is 4.39. The Morgan fingerprint density at radius 1 is 1.21 bits per heavy atom. The third-order valence-electron chi connectivity index (χ3n) is 5.68. The van der Waals surface area contributed by atoms with Crippen molar-refractivity contribution >= 4 is 11.8 Å². The summed E-state index contributed by atoms with van der Waals surface area (Å²) in [6.07, 6.45) is 5.39. The van der Waals surface area contributed by atoms with Crippen LogP contribution in [0.3, 0.4) is 0 Å². The Kier molecular flexibility index (Phi) is 4.58. The molecule has 0 aliphatic carbocycles. The lowest BCUT2D eigenvalue weighted by molar-refractivity contribution is -0.132. The molecule has 0 radical (unpaired) electrons. The number of aryl methyl sites for hydroxylation is 1. The second kappa shape index (κ2) is 6.51. The zero-order chi connectivity index (χ0) is 17.3. The van der Waals surface area contributed by atoms with E-state index in [-0.39, 0.29) is 23.3 Å². The molecular formula is C18H26N4O2. The Hall–Kier alpha value is -1.95. The van der Waals surface area contributed by atoms with Gasteiger partial charge in [0.15, 0.2) is 0 Å². The van der Waals surface area contributed by atoms with Crippen LogP contribution >= 0.6 is 0 Å². The van der Waals surface area contributed by atoms with Crippen LogP contribution in [0, 0.1) is 12.3 Å². The van der Waals surface area contributed by atoms with Gasteiger partial charge in [-0.1, -0.05) is 0 Å². The molecule has 2 amide bonds. The quantitative estimate of drug-likeness (QED) is 0.883. The number of rotatable bonds is 2. The third kappa shape index (κ3) is 3.02. The molecule has 0 bridgehead atoms. The van der Waals surface area contributed by atoms with Crippen molar-refractivity contribution in [3.63, 3.8) is 0 Å². The summed E-state index contributed by atoms with van der Waals surface area (Å²) in [5.74, 6) is -0.211. The van der Waals surface area contributed by atoms with Crippen molar-refractivity contribution in [1.29, 1.82) is 0 Å². The van der Waals surface area contributed by atoms with Crippen molar-refractivity contribution in [2.24, 2.45) is 11.1 Å². The minimum atomic E-state index is -0.236. The highest BCUT2D eigenvalue weighted by Gasteiger charge is 2.48. The maximum atomic E-state index is 12.6. The number of piperidine rings is 2. The summed E-state index contributed by atoms with van der Waals surface area (Å²) in [6.45, 7) is 4.16. The van der Waals surface area contributed by atoms with E-state index in [4.69, 9.17) is 5.73 Å². The first-order valence-corrected chi connectivity index (χ1v) is 8.64. The van der Waals surface area contributed by atoms with Crippen LogP contribution in [0.25, 0.3) is 0 Å². The van der Waals surface area contributed by atoms with Gasteiger partial charge in [-0.25, -0.2) is 0 Å². The van der Waals surface area contributed by atoms with Gasteiger partial charge in [0.2, 0.25) is 5.91 Å². The number of primary amides is 1. The predicted octanol–water partition coefficient (Wildman–Crippen LogP) is 1.19. The molecule has 1 spiro atoms. The standard InChI is InChI=1S/C18H26N4O2/c1-13-4-5-14(12-20-13)17(24)22-10-7-18(8-11-22)6-3-9-21(2)15(18)16(19)23/h4-5,12,15H,3,6-11H2,1-2H3,(H2,19,23). The molecule has 6 heteroatoms. The van der Waals surface area contributed by atoms with E-state index in [1.54, 1.807) is 6.20 Å². The summed E-state index contributed by atoms with van der Waals surface area (Å²) >= 11 is 0. The Labute approximate surface area is 143 Å². The van der Waals surface area contributed by atoms with Gasteiger partial charge in [-0.15, -0.1) is 0 Å². The highest BCUT2D eigenvalue weighted by atomic mass is 16.2. The second-order valence-electron chi connectivity index (χ2n) is 7.23. The molecule has 2 saturated heterocycles. The number of likely N-dealkylation sites (tertiary alicyclic amines) is 2. The monoisotopic (exact) mass is 330 g/mol. The lowest BCUT2D eigenvalue weighted by Crippen LogP contribution is -2.60. The molecule has 2 N–H and O–H groups in total. The number of likely N-dealkylation sites (N-methyl/N-ethyl adjacent to an activating group) is 1. The van der Waals surface area contributed by atoms with Crippen LogP contribution in [0.1, 0.15) is 41.7 Å². The van der Waals surface area contributed by atoms with Crippen LogP contribution in [0.2, 0.25) is 0 Å². The van der Waals surface area contributed by atoms with Crippen molar-refractivity contribution in [2.45, 2.75) is 38.6 Å². The fraction of sp³-hybridized carbons (Fsp3) is 0.611. The molecule has 0 aromatic carbocycles. The van der Waals surface area contributed by atoms with Gasteiger partial charge in [0.25, 0.3) is 5.91 Å². The lowest BCUT2D eigenvalue weighted by atomic mass is 9.66. The molecule has 0 saturated carbocycles. The lowest BCUT2D eigenvalue weighted by Gasteiger charge is -2.51. The molecule has 1 atom stereocenters. The van der Waals surface area contributed by atoms with E-state index < -0.39 is 0 Å². The highest BCUT2D eigenvalue weighted by molar-refractivity contribution is 5.94. The predicted molar refractivity (Wildman–Crippen MR) is 91.4 cm³/mol. The van der Waals surface area contributed by atoms with Gasteiger partial charge in [-0.3, -0.25) is 19.5 Å². The molecule has 2 aliphatic heterocycles. The van der Waals surface area contributed by atoms with E-state index in [2.05, 4.69) is 9.88 Å². The number of hydrogen-bond acceptors (Lipinski definition) is 4. The van der Waals surface area contributed by atoms with E-state index in [0.717, 1.165) is 37.9 Å². The molecule has 24 heavy (non-hydrogen) atoms. The van der Waals surface area contributed by atoms with Crippen molar-refractivity contribution in [2.75, 3.05) is 26.7 Å². The summed E-state index contributed by atoms with van der Waals surface area (Å²) in [6, 6.07) is 3.47. The van der Waals surface area contributed by atoms with Gasteiger partial charge in [0.05, 0.1) is 11.6 Å². The molecule has 2 aliphatic rings. The normalized spacial score (nSPS) is 24.1. The third-order valence-corrected chi connectivity index (χ3v) is 5.68. The average Bonchev–Trinajstić information content (AvgIpc) is 2.55. The summed E-state index contributed by atoms with van der Waals surface area (Å²) in [4.78, 5) is 32.8. The molecule has 130 valence electrons. The van der Waals surface area contributed by atoms with E-state index in [1.165, 1.54) is 0 Å². The summed E-state index contributed by atoms with van der Waals surface area (Å²) < 4.78 is 0. The molecule has 1 aromatic heterocycles. The van der Waals surface area contributed by atoms with Gasteiger partial charge in [0, 0.05) is 25.0 Å². The molecule has 1 unspecified atom stereocenters. The summed E-state index contributed by atoms with van der Waals surface area (Å²) in [5, 5.41) is 0. The van der Waals surface area contributed by atoms with E-state index >= 15 is 0 Å². The van der Waals surface area contributed by atoms with Gasteiger partial charge < -0.3 is 10.6 Å². The van der Waals surface area contributed by atoms with Crippen LogP contribution in [0.5, 0.6) is 0 Å². The zero-order valence-electron chi connectivity index (χ0n) is 14.5. The molecule has 3 rings (SSSR count).